The van der Waals surface area contributed by atoms with Gasteiger partial charge in [-0.15, -0.1) is 5.10 Å². The first-order valence-corrected chi connectivity index (χ1v) is 8.28. The lowest BCUT2D eigenvalue weighted by molar-refractivity contribution is 0.0522. The molecule has 0 saturated carbocycles. The minimum absolute atomic E-state index is 0.0482. The van der Waals surface area contributed by atoms with Gasteiger partial charge in [-0.2, -0.15) is 4.52 Å². The van der Waals surface area contributed by atoms with Crippen LogP contribution in [0.3, 0.4) is 0 Å². The zero-order valence-electron chi connectivity index (χ0n) is 14.1. The van der Waals surface area contributed by atoms with Gasteiger partial charge in [0.1, 0.15) is 5.52 Å². The lowest BCUT2D eigenvalue weighted by Crippen LogP contribution is -2.28. The van der Waals surface area contributed by atoms with Gasteiger partial charge in [0.05, 0.1) is 18.7 Å². The summed E-state index contributed by atoms with van der Waals surface area (Å²) in [4.78, 5) is 25.2. The highest BCUT2D eigenvalue weighted by Crippen LogP contribution is 2.21. The Labute approximate surface area is 148 Å². The largest absolute Gasteiger partial charge is 0.461 e. The third-order valence-electron chi connectivity index (χ3n) is 4.18. The molecule has 7 heteroatoms. The average Bonchev–Trinajstić information content (AvgIpc) is 3.12. The summed E-state index contributed by atoms with van der Waals surface area (Å²) in [5.74, 6) is -0.590. The van der Waals surface area contributed by atoms with Crippen LogP contribution in [0.5, 0.6) is 0 Å². The van der Waals surface area contributed by atoms with Crippen molar-refractivity contribution in [3.05, 3.63) is 76.3 Å². The maximum Gasteiger partial charge on any atom is 0.361 e. The van der Waals surface area contributed by atoms with Gasteiger partial charge in [0.25, 0.3) is 0 Å². The number of aromatic nitrogens is 4. The number of carbonyl (C=O) groups is 1. The van der Waals surface area contributed by atoms with Crippen molar-refractivity contribution in [3.63, 3.8) is 0 Å². The van der Waals surface area contributed by atoms with Crippen molar-refractivity contribution in [2.75, 3.05) is 6.61 Å². The van der Waals surface area contributed by atoms with E-state index < -0.39 is 5.97 Å². The Balaban J connectivity index is 2.01. The highest BCUT2D eigenvalue weighted by atomic mass is 16.5. The molecule has 0 aliphatic heterocycles. The van der Waals surface area contributed by atoms with Crippen LogP contribution < -0.4 is 5.69 Å². The molecule has 0 fully saturated rings. The van der Waals surface area contributed by atoms with Crippen LogP contribution in [-0.4, -0.2) is 32.0 Å². The van der Waals surface area contributed by atoms with Crippen LogP contribution in [-0.2, 0) is 11.3 Å². The molecule has 2 aromatic carbocycles. The van der Waals surface area contributed by atoms with Crippen LogP contribution in [0.2, 0.25) is 0 Å². The normalized spacial score (nSPS) is 11.1. The Morgan fingerprint density at radius 3 is 2.58 bits per heavy atom. The van der Waals surface area contributed by atoms with Crippen LogP contribution in [0, 0.1) is 0 Å². The molecule has 0 spiro atoms. The van der Waals surface area contributed by atoms with E-state index in [1.807, 2.05) is 54.6 Å². The van der Waals surface area contributed by atoms with E-state index in [4.69, 9.17) is 4.74 Å². The first-order valence-electron chi connectivity index (χ1n) is 8.28. The number of rotatable bonds is 4. The van der Waals surface area contributed by atoms with E-state index in [1.165, 1.54) is 0 Å². The lowest BCUT2D eigenvalue weighted by Gasteiger charge is -2.11. The minimum Gasteiger partial charge on any atom is -0.461 e. The van der Waals surface area contributed by atoms with E-state index in [-0.39, 0.29) is 18.0 Å². The Morgan fingerprint density at radius 1 is 1.08 bits per heavy atom. The number of hydrogen-bond donors (Lipinski definition) is 0. The van der Waals surface area contributed by atoms with E-state index in [2.05, 4.69) is 10.3 Å². The molecular formula is C19H16N4O3. The number of nitrogens with zero attached hydrogens (tertiary/aromatic N) is 4. The van der Waals surface area contributed by atoms with Gasteiger partial charge in [-0.25, -0.2) is 9.59 Å². The number of hydrogen-bond acceptors (Lipinski definition) is 5. The van der Waals surface area contributed by atoms with Gasteiger partial charge in [-0.1, -0.05) is 53.7 Å². The maximum atomic E-state index is 13.0. The van der Waals surface area contributed by atoms with Gasteiger partial charge in [0, 0.05) is 5.39 Å². The monoisotopic (exact) mass is 348 g/mol. The minimum atomic E-state index is -0.590. The standard InChI is InChI=1S/C19H16N4O3/c1-2-26-18(24)16-17-14-10-6-7-11-15(14)22(19(25)23(17)21-20-16)12-13-8-4-3-5-9-13/h3-11H,2,12H2,1H3. The van der Waals surface area contributed by atoms with Gasteiger partial charge < -0.3 is 4.74 Å². The van der Waals surface area contributed by atoms with E-state index in [0.29, 0.717) is 17.6 Å². The van der Waals surface area contributed by atoms with Gasteiger partial charge >= 0.3 is 11.7 Å². The van der Waals surface area contributed by atoms with Gasteiger partial charge in [-0.3, -0.25) is 4.57 Å². The summed E-state index contributed by atoms with van der Waals surface area (Å²) in [7, 11) is 0. The van der Waals surface area contributed by atoms with Crippen LogP contribution in [0.4, 0.5) is 0 Å². The Kier molecular flexibility index (Phi) is 3.96. The molecule has 2 heterocycles. The van der Waals surface area contributed by atoms with Crippen LogP contribution in [0.25, 0.3) is 16.4 Å². The summed E-state index contributed by atoms with van der Waals surface area (Å²) < 4.78 is 7.84. The predicted molar refractivity (Wildman–Crippen MR) is 96.3 cm³/mol. The highest BCUT2D eigenvalue weighted by Gasteiger charge is 2.22. The topological polar surface area (TPSA) is 78.5 Å². The van der Waals surface area contributed by atoms with Gasteiger partial charge in [0.2, 0.25) is 0 Å². The van der Waals surface area contributed by atoms with Crippen LogP contribution in [0.15, 0.2) is 59.4 Å². The van der Waals surface area contributed by atoms with E-state index in [9.17, 15) is 9.59 Å². The molecule has 0 saturated heterocycles. The van der Waals surface area contributed by atoms with E-state index in [0.717, 1.165) is 15.5 Å². The molecule has 0 radical (unpaired) electrons. The third kappa shape index (κ3) is 2.54. The Hall–Kier alpha value is -3.48. The molecule has 0 N–H and O–H groups in total. The van der Waals surface area contributed by atoms with Gasteiger partial charge in [0.15, 0.2) is 5.69 Å². The zero-order valence-corrected chi connectivity index (χ0v) is 14.1. The highest BCUT2D eigenvalue weighted by molar-refractivity contribution is 6.05. The summed E-state index contributed by atoms with van der Waals surface area (Å²) in [6, 6.07) is 17.1. The first-order chi connectivity index (χ1) is 12.7. The molecular weight excluding hydrogens is 332 g/mol. The van der Waals surface area contributed by atoms with Crippen molar-refractivity contribution in [1.29, 1.82) is 0 Å². The lowest BCUT2D eigenvalue weighted by atomic mass is 10.1. The summed E-state index contributed by atoms with van der Waals surface area (Å²) in [5.41, 5.74) is 1.76. The SMILES string of the molecule is CCOC(=O)c1nnn2c(=O)n(Cc3ccccc3)c3ccccc3c12. The van der Waals surface area contributed by atoms with Crippen LogP contribution >= 0.6 is 0 Å². The molecule has 7 nitrogen and oxygen atoms in total. The molecule has 4 aromatic rings. The van der Waals surface area contributed by atoms with Crippen molar-refractivity contribution in [2.24, 2.45) is 0 Å². The summed E-state index contributed by atoms with van der Waals surface area (Å²) in [5, 5.41) is 8.52. The van der Waals surface area contributed by atoms with Crippen molar-refractivity contribution in [3.8, 4) is 0 Å². The summed E-state index contributed by atoms with van der Waals surface area (Å²) in [6.45, 7) is 2.33. The van der Waals surface area contributed by atoms with E-state index in [1.54, 1.807) is 11.5 Å². The number of ether oxygens (including phenoxy) is 1. The second kappa shape index (κ2) is 6.44. The molecule has 26 heavy (non-hydrogen) atoms. The number of carbonyl (C=O) groups excluding carboxylic acids is 1. The fourth-order valence-electron chi connectivity index (χ4n) is 3.04. The third-order valence-corrected chi connectivity index (χ3v) is 4.18. The van der Waals surface area contributed by atoms with Gasteiger partial charge in [-0.05, 0) is 18.6 Å². The smallest absolute Gasteiger partial charge is 0.361 e. The molecule has 130 valence electrons. The van der Waals surface area contributed by atoms with E-state index >= 15 is 0 Å². The molecule has 0 unspecified atom stereocenters. The van der Waals surface area contributed by atoms with Crippen molar-refractivity contribution in [1.82, 2.24) is 19.4 Å². The van der Waals surface area contributed by atoms with Crippen LogP contribution in [0.1, 0.15) is 23.0 Å². The average molecular weight is 348 g/mol. The Bertz CT molecular complexity index is 1160. The van der Waals surface area contributed by atoms with Crippen molar-refractivity contribution >= 4 is 22.4 Å². The second-order valence-corrected chi connectivity index (χ2v) is 5.79. The zero-order chi connectivity index (χ0) is 18.1. The number of para-hydroxylation sites is 1. The maximum absolute atomic E-state index is 13.0. The molecule has 0 atom stereocenters. The fourth-order valence-corrected chi connectivity index (χ4v) is 3.04. The van der Waals surface area contributed by atoms with Crippen molar-refractivity contribution in [2.45, 2.75) is 13.5 Å². The Morgan fingerprint density at radius 2 is 1.81 bits per heavy atom. The van der Waals surface area contributed by atoms with Crippen molar-refractivity contribution < 1.29 is 9.53 Å². The number of esters is 1. The predicted octanol–water partition coefficient (Wildman–Crippen LogP) is 2.27. The number of fused-ring (bicyclic) bond motifs is 3. The molecule has 0 aliphatic rings. The molecule has 4 rings (SSSR count). The first kappa shape index (κ1) is 16.0. The molecule has 0 aliphatic carbocycles. The summed E-state index contributed by atoms with van der Waals surface area (Å²) in [6.07, 6.45) is 0. The summed E-state index contributed by atoms with van der Waals surface area (Å²) >= 11 is 0. The fraction of sp³-hybridized carbons (Fsp3) is 0.158. The second-order valence-electron chi connectivity index (χ2n) is 5.79. The quantitative estimate of drug-likeness (QED) is 0.529. The number of benzene rings is 2. The molecule has 2 aromatic heterocycles. The molecule has 0 amide bonds. The molecule has 0 bridgehead atoms.